The van der Waals surface area contributed by atoms with Crippen molar-refractivity contribution in [2.45, 2.75) is 32.4 Å². The van der Waals surface area contributed by atoms with E-state index in [0.717, 1.165) is 49.3 Å². The summed E-state index contributed by atoms with van der Waals surface area (Å²) < 4.78 is 1.75. The van der Waals surface area contributed by atoms with Crippen LogP contribution in [0.25, 0.3) is 11.3 Å². The molecular formula is C18H24ClN3O. The lowest BCUT2D eigenvalue weighted by atomic mass is 9.92. The SMILES string of the molecule is CC(O)C1CCN(Cc2c(-c3ccccc3)nn(C)c2Cl)CC1. The zero-order valence-corrected chi connectivity index (χ0v) is 14.5. The summed E-state index contributed by atoms with van der Waals surface area (Å²) in [6.45, 7) is 4.69. The Morgan fingerprint density at radius 3 is 2.52 bits per heavy atom. The van der Waals surface area contributed by atoms with Gasteiger partial charge in [-0.15, -0.1) is 0 Å². The predicted octanol–water partition coefficient (Wildman–Crippen LogP) is 3.33. The maximum atomic E-state index is 9.74. The second-order valence-electron chi connectivity index (χ2n) is 6.46. The molecule has 1 saturated heterocycles. The number of rotatable bonds is 4. The quantitative estimate of drug-likeness (QED) is 0.933. The normalized spacial score (nSPS) is 18.3. The Hall–Kier alpha value is -1.36. The molecule has 1 aliphatic rings. The van der Waals surface area contributed by atoms with Gasteiger partial charge in [0.1, 0.15) is 5.15 Å². The van der Waals surface area contributed by atoms with Gasteiger partial charge in [0, 0.05) is 24.7 Å². The van der Waals surface area contributed by atoms with Crippen LogP contribution in [0.3, 0.4) is 0 Å². The van der Waals surface area contributed by atoms with Crippen molar-refractivity contribution in [3.05, 3.63) is 41.0 Å². The first-order valence-electron chi connectivity index (χ1n) is 8.23. The van der Waals surface area contributed by atoms with Crippen LogP contribution in [0.4, 0.5) is 0 Å². The topological polar surface area (TPSA) is 41.3 Å². The Labute approximate surface area is 142 Å². The first-order chi connectivity index (χ1) is 11.1. The molecule has 1 unspecified atom stereocenters. The van der Waals surface area contributed by atoms with Crippen LogP contribution in [0.2, 0.25) is 5.15 Å². The molecule has 0 spiro atoms. The molecule has 0 bridgehead atoms. The van der Waals surface area contributed by atoms with E-state index in [1.54, 1.807) is 4.68 Å². The number of nitrogens with zero attached hydrogens (tertiary/aromatic N) is 3. The monoisotopic (exact) mass is 333 g/mol. The van der Waals surface area contributed by atoms with E-state index in [9.17, 15) is 5.11 Å². The molecule has 1 fully saturated rings. The van der Waals surface area contributed by atoms with E-state index >= 15 is 0 Å². The molecule has 5 heteroatoms. The molecule has 124 valence electrons. The molecule has 4 nitrogen and oxygen atoms in total. The van der Waals surface area contributed by atoms with Crippen LogP contribution in [-0.4, -0.2) is 39.0 Å². The van der Waals surface area contributed by atoms with Gasteiger partial charge in [-0.3, -0.25) is 9.58 Å². The number of benzene rings is 1. The summed E-state index contributed by atoms with van der Waals surface area (Å²) >= 11 is 6.50. The van der Waals surface area contributed by atoms with Crippen LogP contribution in [0.15, 0.2) is 30.3 Å². The van der Waals surface area contributed by atoms with Gasteiger partial charge >= 0.3 is 0 Å². The van der Waals surface area contributed by atoms with E-state index in [4.69, 9.17) is 11.6 Å². The van der Waals surface area contributed by atoms with Gasteiger partial charge in [0.15, 0.2) is 0 Å². The van der Waals surface area contributed by atoms with Crippen molar-refractivity contribution in [2.24, 2.45) is 13.0 Å². The highest BCUT2D eigenvalue weighted by Crippen LogP contribution is 2.31. The minimum Gasteiger partial charge on any atom is -0.393 e. The molecule has 1 atom stereocenters. The Kier molecular flexibility index (Phi) is 5.05. The number of hydrogen-bond donors (Lipinski definition) is 1. The third kappa shape index (κ3) is 3.60. The van der Waals surface area contributed by atoms with E-state index in [1.165, 1.54) is 0 Å². The lowest BCUT2D eigenvalue weighted by molar-refractivity contribution is 0.0696. The number of hydrogen-bond acceptors (Lipinski definition) is 3. The Morgan fingerprint density at radius 1 is 1.26 bits per heavy atom. The summed E-state index contributed by atoms with van der Waals surface area (Å²) in [5.41, 5.74) is 3.16. The van der Waals surface area contributed by atoms with Gasteiger partial charge in [0.25, 0.3) is 0 Å². The van der Waals surface area contributed by atoms with E-state index in [0.29, 0.717) is 11.1 Å². The van der Waals surface area contributed by atoms with Crippen molar-refractivity contribution in [2.75, 3.05) is 13.1 Å². The summed E-state index contributed by atoms with van der Waals surface area (Å²) in [7, 11) is 1.89. The minimum absolute atomic E-state index is 0.209. The fourth-order valence-electron chi connectivity index (χ4n) is 3.33. The van der Waals surface area contributed by atoms with Gasteiger partial charge in [-0.2, -0.15) is 5.10 Å². The van der Waals surface area contributed by atoms with Gasteiger partial charge in [-0.25, -0.2) is 0 Å². The van der Waals surface area contributed by atoms with Gasteiger partial charge in [-0.05, 0) is 38.8 Å². The summed E-state index contributed by atoms with van der Waals surface area (Å²) in [5, 5.41) is 15.1. The lowest BCUT2D eigenvalue weighted by Crippen LogP contribution is -2.36. The van der Waals surface area contributed by atoms with Crippen molar-refractivity contribution in [3.8, 4) is 11.3 Å². The second-order valence-corrected chi connectivity index (χ2v) is 6.82. The summed E-state index contributed by atoms with van der Waals surface area (Å²) in [5.74, 6) is 0.421. The predicted molar refractivity (Wildman–Crippen MR) is 93.3 cm³/mol. The van der Waals surface area contributed by atoms with Gasteiger partial charge in [0.2, 0.25) is 0 Å². The molecular weight excluding hydrogens is 310 g/mol. The molecule has 23 heavy (non-hydrogen) atoms. The van der Waals surface area contributed by atoms with Crippen LogP contribution in [0, 0.1) is 5.92 Å². The van der Waals surface area contributed by atoms with Crippen molar-refractivity contribution < 1.29 is 5.11 Å². The highest BCUT2D eigenvalue weighted by Gasteiger charge is 2.25. The first kappa shape index (κ1) is 16.5. The number of aromatic nitrogens is 2. The number of piperidine rings is 1. The standard InChI is InChI=1S/C18H24ClN3O/c1-13(23)14-8-10-22(11-9-14)12-16-17(20-21(2)18(16)19)15-6-4-3-5-7-15/h3-7,13-14,23H,8-12H2,1-2H3. The molecule has 3 rings (SSSR count). The molecule has 2 aromatic rings. The van der Waals surface area contributed by atoms with Crippen LogP contribution in [0.5, 0.6) is 0 Å². The summed E-state index contributed by atoms with van der Waals surface area (Å²) in [6.07, 6.45) is 1.87. The van der Waals surface area contributed by atoms with E-state index in [1.807, 2.05) is 32.2 Å². The highest BCUT2D eigenvalue weighted by atomic mass is 35.5. The molecule has 0 saturated carbocycles. The number of aryl methyl sites for hydroxylation is 1. The van der Waals surface area contributed by atoms with Gasteiger partial charge in [0.05, 0.1) is 11.8 Å². The van der Waals surface area contributed by atoms with Crippen LogP contribution < -0.4 is 0 Å². The zero-order valence-electron chi connectivity index (χ0n) is 13.7. The van der Waals surface area contributed by atoms with Crippen molar-refractivity contribution in [1.82, 2.24) is 14.7 Å². The third-order valence-corrected chi connectivity index (χ3v) is 5.29. The van der Waals surface area contributed by atoms with Crippen LogP contribution >= 0.6 is 11.6 Å². The first-order valence-corrected chi connectivity index (χ1v) is 8.61. The summed E-state index contributed by atoms with van der Waals surface area (Å²) in [4.78, 5) is 2.41. The number of likely N-dealkylation sites (tertiary alicyclic amines) is 1. The smallest absolute Gasteiger partial charge is 0.131 e. The average Bonchev–Trinajstić information content (AvgIpc) is 2.84. The van der Waals surface area contributed by atoms with Gasteiger partial charge < -0.3 is 5.11 Å². The molecule has 1 aromatic carbocycles. The van der Waals surface area contributed by atoms with Crippen LogP contribution in [0.1, 0.15) is 25.3 Å². The summed E-state index contributed by atoms with van der Waals surface area (Å²) in [6, 6.07) is 10.2. The number of aliphatic hydroxyl groups is 1. The fraction of sp³-hybridized carbons (Fsp3) is 0.500. The zero-order chi connectivity index (χ0) is 16.4. The molecule has 1 aromatic heterocycles. The lowest BCUT2D eigenvalue weighted by Gasteiger charge is -2.33. The third-order valence-electron chi connectivity index (χ3n) is 4.81. The fourth-order valence-corrected chi connectivity index (χ4v) is 3.52. The van der Waals surface area contributed by atoms with E-state index in [2.05, 4.69) is 22.1 Å². The van der Waals surface area contributed by atoms with Crippen LogP contribution in [-0.2, 0) is 13.6 Å². The Bertz CT molecular complexity index is 646. The highest BCUT2D eigenvalue weighted by molar-refractivity contribution is 6.30. The average molecular weight is 334 g/mol. The Morgan fingerprint density at radius 2 is 1.91 bits per heavy atom. The molecule has 2 heterocycles. The maximum absolute atomic E-state index is 9.74. The Balaban J connectivity index is 1.78. The minimum atomic E-state index is -0.209. The van der Waals surface area contributed by atoms with Crippen molar-refractivity contribution in [3.63, 3.8) is 0 Å². The molecule has 1 aliphatic heterocycles. The van der Waals surface area contributed by atoms with E-state index < -0.39 is 0 Å². The maximum Gasteiger partial charge on any atom is 0.131 e. The van der Waals surface area contributed by atoms with Crippen molar-refractivity contribution >= 4 is 11.6 Å². The van der Waals surface area contributed by atoms with Gasteiger partial charge in [-0.1, -0.05) is 41.9 Å². The molecule has 0 radical (unpaired) electrons. The molecule has 0 aliphatic carbocycles. The number of halogens is 1. The van der Waals surface area contributed by atoms with E-state index in [-0.39, 0.29) is 6.10 Å². The molecule has 0 amide bonds. The second kappa shape index (κ2) is 7.04. The van der Waals surface area contributed by atoms with Crippen molar-refractivity contribution in [1.29, 1.82) is 0 Å². The number of aliphatic hydroxyl groups excluding tert-OH is 1. The largest absolute Gasteiger partial charge is 0.393 e. The molecule has 1 N–H and O–H groups in total.